The van der Waals surface area contributed by atoms with Crippen LogP contribution in [0.1, 0.15) is 11.1 Å². The zero-order valence-electron chi connectivity index (χ0n) is 19.7. The summed E-state index contributed by atoms with van der Waals surface area (Å²) in [7, 11) is 3.12. The SMILES string of the molecule is COc1ccccc1OCCN1C(=O)S/C(=C\c2ccc(OC)c(OCc3ccc(Br)cc3)c2)C1=O. The third-order valence-electron chi connectivity index (χ3n) is 5.31. The lowest BCUT2D eigenvalue weighted by Gasteiger charge is -2.14. The number of rotatable bonds is 10. The predicted molar refractivity (Wildman–Crippen MR) is 143 cm³/mol. The molecule has 0 spiro atoms. The third kappa shape index (κ3) is 6.22. The first kappa shape index (κ1) is 25.7. The number of carbonyl (C=O) groups is 2. The summed E-state index contributed by atoms with van der Waals surface area (Å²) in [5.74, 6) is 1.90. The van der Waals surface area contributed by atoms with E-state index in [0.29, 0.717) is 34.5 Å². The van der Waals surface area contributed by atoms with Crippen LogP contribution in [0.4, 0.5) is 4.79 Å². The van der Waals surface area contributed by atoms with E-state index in [2.05, 4.69) is 15.9 Å². The maximum absolute atomic E-state index is 12.9. The second-order valence-electron chi connectivity index (χ2n) is 7.66. The number of ether oxygens (including phenoxy) is 4. The molecular formula is C27H24BrNO6S. The minimum absolute atomic E-state index is 0.129. The molecule has 0 radical (unpaired) electrons. The summed E-state index contributed by atoms with van der Waals surface area (Å²) in [6.45, 7) is 0.641. The van der Waals surface area contributed by atoms with Crippen LogP contribution in [0, 0.1) is 0 Å². The van der Waals surface area contributed by atoms with E-state index >= 15 is 0 Å². The maximum atomic E-state index is 12.9. The number of halogens is 1. The standard InChI is InChI=1S/C27H24BrNO6S/c1-32-21-5-3-4-6-23(21)34-14-13-29-26(30)25(36-27(29)31)16-19-9-12-22(33-2)24(15-19)35-17-18-7-10-20(28)11-8-18/h3-12,15-16H,13-14,17H2,1-2H3/b25-16-. The highest BCUT2D eigenvalue weighted by atomic mass is 79.9. The average molecular weight is 570 g/mol. The molecule has 7 nitrogen and oxygen atoms in total. The normalized spacial score (nSPS) is 14.3. The Hall–Kier alpha value is -3.43. The van der Waals surface area contributed by atoms with Crippen LogP contribution in [0.3, 0.4) is 0 Å². The number of carbonyl (C=O) groups excluding carboxylic acids is 2. The quantitative estimate of drug-likeness (QED) is 0.270. The van der Waals surface area contributed by atoms with Crippen molar-refractivity contribution in [2.75, 3.05) is 27.4 Å². The van der Waals surface area contributed by atoms with Crippen molar-refractivity contribution in [3.05, 3.63) is 87.2 Å². The van der Waals surface area contributed by atoms with Gasteiger partial charge < -0.3 is 18.9 Å². The fourth-order valence-electron chi connectivity index (χ4n) is 3.47. The van der Waals surface area contributed by atoms with Crippen LogP contribution in [0.2, 0.25) is 0 Å². The van der Waals surface area contributed by atoms with Crippen molar-refractivity contribution < 1.29 is 28.5 Å². The molecule has 2 amide bonds. The summed E-state index contributed by atoms with van der Waals surface area (Å²) in [6, 6.07) is 20.4. The lowest BCUT2D eigenvalue weighted by Crippen LogP contribution is -2.32. The van der Waals surface area contributed by atoms with Gasteiger partial charge >= 0.3 is 0 Å². The van der Waals surface area contributed by atoms with Gasteiger partial charge in [0.1, 0.15) is 13.2 Å². The summed E-state index contributed by atoms with van der Waals surface area (Å²) in [5, 5.41) is -0.338. The van der Waals surface area contributed by atoms with Gasteiger partial charge in [-0.2, -0.15) is 0 Å². The fraction of sp³-hybridized carbons (Fsp3) is 0.185. The predicted octanol–water partition coefficient (Wildman–Crippen LogP) is 6.16. The van der Waals surface area contributed by atoms with E-state index in [9.17, 15) is 9.59 Å². The van der Waals surface area contributed by atoms with Crippen molar-refractivity contribution in [2.45, 2.75) is 6.61 Å². The monoisotopic (exact) mass is 569 g/mol. The van der Waals surface area contributed by atoms with Crippen molar-refractivity contribution in [2.24, 2.45) is 0 Å². The van der Waals surface area contributed by atoms with Crippen molar-refractivity contribution >= 4 is 44.9 Å². The Morgan fingerprint density at radius 3 is 2.28 bits per heavy atom. The molecule has 36 heavy (non-hydrogen) atoms. The van der Waals surface area contributed by atoms with Crippen LogP contribution in [0.25, 0.3) is 6.08 Å². The number of nitrogens with zero attached hydrogens (tertiary/aromatic N) is 1. The summed E-state index contributed by atoms with van der Waals surface area (Å²) in [6.07, 6.45) is 1.68. The van der Waals surface area contributed by atoms with Crippen molar-refractivity contribution in [1.29, 1.82) is 0 Å². The topological polar surface area (TPSA) is 74.3 Å². The number of benzene rings is 3. The molecule has 0 aliphatic carbocycles. The van der Waals surface area contributed by atoms with Crippen molar-refractivity contribution in [3.8, 4) is 23.0 Å². The van der Waals surface area contributed by atoms with Crippen molar-refractivity contribution in [3.63, 3.8) is 0 Å². The fourth-order valence-corrected chi connectivity index (χ4v) is 4.60. The number of thioether (sulfide) groups is 1. The highest BCUT2D eigenvalue weighted by molar-refractivity contribution is 9.10. The first-order valence-corrected chi connectivity index (χ1v) is 12.7. The second kappa shape index (κ2) is 12.0. The van der Waals surface area contributed by atoms with Gasteiger partial charge in [-0.05, 0) is 65.4 Å². The lowest BCUT2D eigenvalue weighted by atomic mass is 10.1. The molecule has 1 saturated heterocycles. The van der Waals surface area contributed by atoms with Gasteiger partial charge in [0.15, 0.2) is 23.0 Å². The summed E-state index contributed by atoms with van der Waals surface area (Å²) in [4.78, 5) is 26.9. The molecule has 186 valence electrons. The van der Waals surface area contributed by atoms with E-state index in [4.69, 9.17) is 18.9 Å². The van der Waals surface area contributed by atoms with E-state index in [1.54, 1.807) is 44.6 Å². The van der Waals surface area contributed by atoms with Gasteiger partial charge in [-0.25, -0.2) is 0 Å². The summed E-state index contributed by atoms with van der Waals surface area (Å²) in [5.41, 5.74) is 1.72. The summed E-state index contributed by atoms with van der Waals surface area (Å²) >= 11 is 4.32. The van der Waals surface area contributed by atoms with Gasteiger partial charge in [0.2, 0.25) is 0 Å². The molecule has 0 N–H and O–H groups in total. The molecule has 3 aromatic carbocycles. The van der Waals surface area contributed by atoms with Gasteiger partial charge in [0.25, 0.3) is 11.1 Å². The molecule has 0 bridgehead atoms. The Labute approximate surface area is 222 Å². The maximum Gasteiger partial charge on any atom is 0.293 e. The number of para-hydroxylation sites is 2. The molecule has 0 atom stereocenters. The van der Waals surface area contributed by atoms with E-state index < -0.39 is 0 Å². The minimum atomic E-state index is -0.359. The molecule has 0 aromatic heterocycles. The smallest absolute Gasteiger partial charge is 0.293 e. The first-order valence-electron chi connectivity index (χ1n) is 11.0. The van der Waals surface area contributed by atoms with Crippen LogP contribution in [-0.4, -0.2) is 43.4 Å². The Morgan fingerprint density at radius 1 is 0.861 bits per heavy atom. The van der Waals surface area contributed by atoms with E-state index in [-0.39, 0.29) is 24.3 Å². The van der Waals surface area contributed by atoms with Crippen LogP contribution in [-0.2, 0) is 11.4 Å². The van der Waals surface area contributed by atoms with Gasteiger partial charge in [-0.1, -0.05) is 46.3 Å². The Morgan fingerprint density at radius 2 is 1.56 bits per heavy atom. The molecule has 1 aliphatic rings. The van der Waals surface area contributed by atoms with E-state index in [1.165, 1.54) is 4.90 Å². The molecular weight excluding hydrogens is 546 g/mol. The average Bonchev–Trinajstić information content (AvgIpc) is 3.16. The molecule has 0 saturated carbocycles. The van der Waals surface area contributed by atoms with Crippen molar-refractivity contribution in [1.82, 2.24) is 4.90 Å². The highest BCUT2D eigenvalue weighted by Gasteiger charge is 2.34. The van der Waals surface area contributed by atoms with E-state index in [1.807, 2.05) is 42.5 Å². The Bertz CT molecular complexity index is 1280. The number of hydrogen-bond donors (Lipinski definition) is 0. The molecule has 1 fully saturated rings. The molecule has 1 aliphatic heterocycles. The minimum Gasteiger partial charge on any atom is -0.493 e. The molecule has 3 aromatic rings. The van der Waals surface area contributed by atoms with E-state index in [0.717, 1.165) is 27.4 Å². The van der Waals surface area contributed by atoms with Gasteiger partial charge in [0.05, 0.1) is 25.7 Å². The van der Waals surface area contributed by atoms with Gasteiger partial charge in [0, 0.05) is 4.47 Å². The molecule has 1 heterocycles. The van der Waals surface area contributed by atoms with Crippen LogP contribution < -0.4 is 18.9 Å². The van der Waals surface area contributed by atoms with Gasteiger partial charge in [-0.15, -0.1) is 0 Å². The van der Waals surface area contributed by atoms with Crippen LogP contribution in [0.5, 0.6) is 23.0 Å². The number of methoxy groups -OCH3 is 2. The number of imide groups is 1. The largest absolute Gasteiger partial charge is 0.493 e. The zero-order chi connectivity index (χ0) is 25.5. The zero-order valence-corrected chi connectivity index (χ0v) is 22.1. The Kier molecular flexibility index (Phi) is 8.56. The molecule has 0 unspecified atom stereocenters. The number of amides is 2. The van der Waals surface area contributed by atoms with Gasteiger partial charge in [-0.3, -0.25) is 14.5 Å². The van der Waals surface area contributed by atoms with Crippen LogP contribution >= 0.6 is 27.7 Å². The second-order valence-corrected chi connectivity index (χ2v) is 9.57. The molecule has 4 rings (SSSR count). The van der Waals surface area contributed by atoms with Crippen LogP contribution in [0.15, 0.2) is 76.1 Å². The first-order chi connectivity index (χ1) is 17.5. The summed E-state index contributed by atoms with van der Waals surface area (Å²) < 4.78 is 23.4. The Balaban J connectivity index is 1.42. The third-order valence-corrected chi connectivity index (χ3v) is 6.74. The molecule has 9 heteroatoms. The highest BCUT2D eigenvalue weighted by Crippen LogP contribution is 2.35. The number of hydrogen-bond acceptors (Lipinski definition) is 7. The lowest BCUT2D eigenvalue weighted by molar-refractivity contribution is -0.123.